The van der Waals surface area contributed by atoms with Gasteiger partial charge >= 0.3 is 0 Å². The first-order valence-electron chi connectivity index (χ1n) is 5.94. The van der Waals surface area contributed by atoms with Crippen molar-refractivity contribution in [2.24, 2.45) is 5.92 Å². The van der Waals surface area contributed by atoms with E-state index in [1.54, 1.807) is 11.3 Å². The van der Waals surface area contributed by atoms with Gasteiger partial charge in [-0.3, -0.25) is 0 Å². The Balaban J connectivity index is 2.01. The molecule has 16 heavy (non-hydrogen) atoms. The van der Waals surface area contributed by atoms with Crippen LogP contribution in [0, 0.1) is 5.92 Å². The normalized spacial score (nSPS) is 30.9. The predicted molar refractivity (Wildman–Crippen MR) is 66.8 cm³/mol. The van der Waals surface area contributed by atoms with Gasteiger partial charge in [0.15, 0.2) is 0 Å². The van der Waals surface area contributed by atoms with Gasteiger partial charge in [0.1, 0.15) is 0 Å². The number of hydrogen-bond acceptors (Lipinski definition) is 3. The minimum atomic E-state index is -0.561. The second kappa shape index (κ2) is 4.86. The fourth-order valence-electron chi connectivity index (χ4n) is 2.30. The van der Waals surface area contributed by atoms with E-state index in [9.17, 15) is 5.11 Å². The van der Waals surface area contributed by atoms with Crippen molar-refractivity contribution in [2.75, 3.05) is 6.61 Å². The maximum Gasteiger partial charge on any atom is 0.0734 e. The summed E-state index contributed by atoms with van der Waals surface area (Å²) in [4.78, 5) is 0. The Hall–Kier alpha value is -0.380. The first-order valence-corrected chi connectivity index (χ1v) is 6.88. The second-order valence-corrected chi connectivity index (χ2v) is 5.92. The number of thiophene rings is 1. The van der Waals surface area contributed by atoms with Crippen LogP contribution in [0.5, 0.6) is 0 Å². The Morgan fingerprint density at radius 2 is 2.44 bits per heavy atom. The van der Waals surface area contributed by atoms with Crippen LogP contribution in [0.15, 0.2) is 16.8 Å². The molecule has 0 aliphatic carbocycles. The lowest BCUT2D eigenvalue weighted by atomic mass is 9.82. The molecule has 0 amide bonds. The first kappa shape index (κ1) is 12.1. The van der Waals surface area contributed by atoms with Gasteiger partial charge in [0.25, 0.3) is 0 Å². The Labute approximate surface area is 101 Å². The van der Waals surface area contributed by atoms with Crippen molar-refractivity contribution in [3.63, 3.8) is 0 Å². The molecular formula is C13H20O2S. The van der Waals surface area contributed by atoms with Crippen molar-refractivity contribution >= 4 is 11.3 Å². The summed E-state index contributed by atoms with van der Waals surface area (Å²) in [5.41, 5.74) is 0.686. The summed E-state index contributed by atoms with van der Waals surface area (Å²) in [6, 6.07) is 2.10. The van der Waals surface area contributed by atoms with Crippen LogP contribution in [-0.4, -0.2) is 23.4 Å². The van der Waals surface area contributed by atoms with Crippen molar-refractivity contribution < 1.29 is 9.84 Å². The number of hydrogen-bond donors (Lipinski definition) is 1. The van der Waals surface area contributed by atoms with Crippen LogP contribution in [0.2, 0.25) is 0 Å². The highest BCUT2D eigenvalue weighted by Crippen LogP contribution is 2.31. The molecule has 0 spiro atoms. The average Bonchev–Trinajstić information content (AvgIpc) is 2.69. The van der Waals surface area contributed by atoms with Crippen LogP contribution in [0.25, 0.3) is 0 Å². The number of ether oxygens (including phenoxy) is 1. The van der Waals surface area contributed by atoms with E-state index in [4.69, 9.17) is 4.74 Å². The molecule has 1 saturated heterocycles. The summed E-state index contributed by atoms with van der Waals surface area (Å²) in [6.07, 6.45) is 2.49. The molecule has 1 aliphatic rings. The van der Waals surface area contributed by atoms with Crippen molar-refractivity contribution in [1.82, 2.24) is 0 Å². The molecule has 2 rings (SSSR count). The van der Waals surface area contributed by atoms with Crippen LogP contribution in [0.4, 0.5) is 0 Å². The van der Waals surface area contributed by atoms with E-state index in [0.717, 1.165) is 19.3 Å². The minimum absolute atomic E-state index is 0.206. The monoisotopic (exact) mass is 240 g/mol. The Morgan fingerprint density at radius 3 is 3.06 bits per heavy atom. The topological polar surface area (TPSA) is 29.5 Å². The number of aliphatic hydroxyl groups is 1. The van der Waals surface area contributed by atoms with E-state index in [0.29, 0.717) is 12.5 Å². The van der Waals surface area contributed by atoms with Gasteiger partial charge in [-0.05, 0) is 34.7 Å². The third-order valence-electron chi connectivity index (χ3n) is 3.34. The third-order valence-corrected chi connectivity index (χ3v) is 4.07. The van der Waals surface area contributed by atoms with Gasteiger partial charge in [0.2, 0.25) is 0 Å². The Morgan fingerprint density at radius 1 is 1.62 bits per heavy atom. The largest absolute Gasteiger partial charge is 0.389 e. The quantitative estimate of drug-likeness (QED) is 0.880. The van der Waals surface area contributed by atoms with Gasteiger partial charge in [0, 0.05) is 19.4 Å². The van der Waals surface area contributed by atoms with Crippen molar-refractivity contribution in [1.29, 1.82) is 0 Å². The molecule has 0 aromatic carbocycles. The third kappa shape index (κ3) is 2.84. The standard InChI is InChI=1S/C13H20O2S/c1-10(2)12-8-13(14,4-5-15-12)7-11-3-6-16-9-11/h3,6,9-10,12,14H,4-5,7-8H2,1-2H3. The van der Waals surface area contributed by atoms with Crippen molar-refractivity contribution in [3.8, 4) is 0 Å². The Bertz CT molecular complexity index is 321. The van der Waals surface area contributed by atoms with Crippen LogP contribution >= 0.6 is 11.3 Å². The average molecular weight is 240 g/mol. The van der Waals surface area contributed by atoms with Crippen LogP contribution < -0.4 is 0 Å². The van der Waals surface area contributed by atoms with E-state index in [1.807, 2.05) is 0 Å². The molecule has 2 atom stereocenters. The summed E-state index contributed by atoms with van der Waals surface area (Å²) in [6.45, 7) is 4.99. The molecule has 1 aromatic rings. The van der Waals surface area contributed by atoms with E-state index in [-0.39, 0.29) is 6.10 Å². The molecule has 3 heteroatoms. The molecule has 1 aromatic heterocycles. The zero-order chi connectivity index (χ0) is 11.6. The predicted octanol–water partition coefficient (Wildman–Crippen LogP) is 2.86. The maximum absolute atomic E-state index is 10.6. The summed E-state index contributed by atoms with van der Waals surface area (Å²) < 4.78 is 5.70. The molecule has 2 heterocycles. The summed E-state index contributed by atoms with van der Waals surface area (Å²) in [5.74, 6) is 0.481. The van der Waals surface area contributed by atoms with Gasteiger partial charge in [-0.25, -0.2) is 0 Å². The molecular weight excluding hydrogens is 220 g/mol. The van der Waals surface area contributed by atoms with Crippen molar-refractivity contribution in [3.05, 3.63) is 22.4 Å². The van der Waals surface area contributed by atoms with Gasteiger partial charge in [0.05, 0.1) is 11.7 Å². The summed E-state index contributed by atoms with van der Waals surface area (Å²) >= 11 is 1.69. The van der Waals surface area contributed by atoms with E-state index < -0.39 is 5.60 Å². The zero-order valence-corrected chi connectivity index (χ0v) is 10.8. The van der Waals surface area contributed by atoms with Crippen LogP contribution in [0.3, 0.4) is 0 Å². The van der Waals surface area contributed by atoms with Gasteiger partial charge < -0.3 is 9.84 Å². The zero-order valence-electron chi connectivity index (χ0n) is 9.98. The Kier molecular flexibility index (Phi) is 3.67. The lowest BCUT2D eigenvalue weighted by molar-refractivity contribution is -0.116. The molecule has 0 saturated carbocycles. The number of rotatable bonds is 3. The molecule has 2 unspecified atom stereocenters. The smallest absolute Gasteiger partial charge is 0.0734 e. The highest BCUT2D eigenvalue weighted by Gasteiger charge is 2.36. The van der Waals surface area contributed by atoms with E-state index in [2.05, 4.69) is 30.7 Å². The van der Waals surface area contributed by atoms with Gasteiger partial charge in [-0.2, -0.15) is 11.3 Å². The lowest BCUT2D eigenvalue weighted by Crippen LogP contribution is -2.44. The highest BCUT2D eigenvalue weighted by molar-refractivity contribution is 7.07. The summed E-state index contributed by atoms with van der Waals surface area (Å²) in [5, 5.41) is 14.8. The first-order chi connectivity index (χ1) is 7.59. The molecule has 90 valence electrons. The SMILES string of the molecule is CC(C)C1CC(O)(Cc2ccsc2)CCO1. The molecule has 1 N–H and O–H groups in total. The molecule has 0 bridgehead atoms. The maximum atomic E-state index is 10.6. The minimum Gasteiger partial charge on any atom is -0.389 e. The molecule has 1 aliphatic heterocycles. The fraction of sp³-hybridized carbons (Fsp3) is 0.692. The molecule has 2 nitrogen and oxygen atoms in total. The second-order valence-electron chi connectivity index (χ2n) is 5.14. The highest BCUT2D eigenvalue weighted by atomic mass is 32.1. The summed E-state index contributed by atoms with van der Waals surface area (Å²) in [7, 11) is 0. The lowest BCUT2D eigenvalue weighted by Gasteiger charge is -2.38. The van der Waals surface area contributed by atoms with Gasteiger partial charge in [-0.1, -0.05) is 13.8 Å². The van der Waals surface area contributed by atoms with Crippen molar-refractivity contribution in [2.45, 2.75) is 44.8 Å². The molecule has 1 fully saturated rings. The fourth-order valence-corrected chi connectivity index (χ4v) is 2.97. The van der Waals surface area contributed by atoms with Crippen LogP contribution in [0.1, 0.15) is 32.3 Å². The van der Waals surface area contributed by atoms with Crippen LogP contribution in [-0.2, 0) is 11.2 Å². The van der Waals surface area contributed by atoms with Gasteiger partial charge in [-0.15, -0.1) is 0 Å². The van der Waals surface area contributed by atoms with E-state index in [1.165, 1.54) is 5.56 Å². The van der Waals surface area contributed by atoms with E-state index >= 15 is 0 Å². The molecule has 0 radical (unpaired) electrons.